The standard InChI is InChI=1S/C21H25NO3/c1-21(2,3)19(24)16-10-12-17(13-11-16)20(25)22-18(23)14-9-15-7-5-4-6-8-15/h4-8,10-13,19,24H,9,14H2,1-3H3,(H,22,23,25). The second kappa shape index (κ2) is 8.08. The zero-order valence-electron chi connectivity index (χ0n) is 15.0. The van der Waals surface area contributed by atoms with Gasteiger partial charge in [-0.15, -0.1) is 0 Å². The van der Waals surface area contributed by atoms with Crippen LogP contribution in [-0.4, -0.2) is 16.9 Å². The van der Waals surface area contributed by atoms with Crippen LogP contribution in [0.5, 0.6) is 0 Å². The summed E-state index contributed by atoms with van der Waals surface area (Å²) in [6.07, 6.45) is 0.241. The number of carbonyl (C=O) groups excluding carboxylic acids is 2. The van der Waals surface area contributed by atoms with Crippen LogP contribution in [0.15, 0.2) is 54.6 Å². The molecule has 0 saturated heterocycles. The van der Waals surface area contributed by atoms with Crippen LogP contribution in [0.4, 0.5) is 0 Å². The summed E-state index contributed by atoms with van der Waals surface area (Å²) in [6, 6.07) is 16.4. The van der Waals surface area contributed by atoms with Gasteiger partial charge in [0.25, 0.3) is 5.91 Å². The molecule has 0 radical (unpaired) electrons. The maximum absolute atomic E-state index is 12.2. The van der Waals surface area contributed by atoms with E-state index in [1.165, 1.54) is 0 Å². The molecule has 0 aliphatic heterocycles. The summed E-state index contributed by atoms with van der Waals surface area (Å²) in [5.41, 5.74) is 1.93. The van der Waals surface area contributed by atoms with Crippen LogP contribution in [0.2, 0.25) is 0 Å². The predicted octanol–water partition coefficient (Wildman–Crippen LogP) is 3.66. The topological polar surface area (TPSA) is 66.4 Å². The van der Waals surface area contributed by atoms with Crippen molar-refractivity contribution >= 4 is 11.8 Å². The van der Waals surface area contributed by atoms with Crippen molar-refractivity contribution in [2.24, 2.45) is 5.41 Å². The fourth-order valence-corrected chi connectivity index (χ4v) is 2.48. The summed E-state index contributed by atoms with van der Waals surface area (Å²) in [7, 11) is 0. The lowest BCUT2D eigenvalue weighted by Crippen LogP contribution is -2.30. The lowest BCUT2D eigenvalue weighted by atomic mass is 9.84. The van der Waals surface area contributed by atoms with Crippen molar-refractivity contribution in [3.05, 3.63) is 71.3 Å². The van der Waals surface area contributed by atoms with Crippen molar-refractivity contribution in [3.8, 4) is 0 Å². The highest BCUT2D eigenvalue weighted by molar-refractivity contribution is 6.04. The molecule has 0 bridgehead atoms. The van der Waals surface area contributed by atoms with Gasteiger partial charge in [-0.1, -0.05) is 63.2 Å². The third kappa shape index (κ3) is 5.54. The van der Waals surface area contributed by atoms with Crippen molar-refractivity contribution in [2.75, 3.05) is 0 Å². The minimum Gasteiger partial charge on any atom is -0.388 e. The summed E-state index contributed by atoms with van der Waals surface area (Å²) < 4.78 is 0. The van der Waals surface area contributed by atoms with E-state index in [0.717, 1.165) is 11.1 Å². The lowest BCUT2D eigenvalue weighted by Gasteiger charge is -2.26. The number of aliphatic hydroxyl groups is 1. The number of imide groups is 1. The maximum atomic E-state index is 12.2. The Bertz CT molecular complexity index is 715. The van der Waals surface area contributed by atoms with E-state index in [2.05, 4.69) is 5.32 Å². The smallest absolute Gasteiger partial charge is 0.257 e. The van der Waals surface area contributed by atoms with Gasteiger partial charge in [-0.25, -0.2) is 0 Å². The molecule has 4 nitrogen and oxygen atoms in total. The molecule has 1 atom stereocenters. The van der Waals surface area contributed by atoms with E-state index in [9.17, 15) is 14.7 Å². The highest BCUT2D eigenvalue weighted by atomic mass is 16.3. The predicted molar refractivity (Wildman–Crippen MR) is 98.1 cm³/mol. The molecule has 2 rings (SSSR count). The Morgan fingerprint density at radius 1 is 1.00 bits per heavy atom. The molecule has 132 valence electrons. The van der Waals surface area contributed by atoms with E-state index in [4.69, 9.17) is 0 Å². The second-order valence-corrected chi connectivity index (χ2v) is 7.25. The number of aliphatic hydroxyl groups excluding tert-OH is 1. The minimum absolute atomic E-state index is 0.260. The first-order valence-electron chi connectivity index (χ1n) is 8.43. The zero-order valence-corrected chi connectivity index (χ0v) is 15.0. The molecule has 0 fully saturated rings. The van der Waals surface area contributed by atoms with Crippen LogP contribution in [0.1, 0.15) is 54.8 Å². The Morgan fingerprint density at radius 2 is 1.60 bits per heavy atom. The molecule has 0 spiro atoms. The van der Waals surface area contributed by atoms with Crippen molar-refractivity contribution in [1.82, 2.24) is 5.32 Å². The fraction of sp³-hybridized carbons (Fsp3) is 0.333. The largest absolute Gasteiger partial charge is 0.388 e. The summed E-state index contributed by atoms with van der Waals surface area (Å²) in [4.78, 5) is 24.1. The highest BCUT2D eigenvalue weighted by Gasteiger charge is 2.23. The highest BCUT2D eigenvalue weighted by Crippen LogP contribution is 2.32. The third-order valence-electron chi connectivity index (χ3n) is 4.05. The SMILES string of the molecule is CC(C)(C)C(O)c1ccc(C(=O)NC(=O)CCc2ccccc2)cc1. The first-order chi connectivity index (χ1) is 11.8. The fourth-order valence-electron chi connectivity index (χ4n) is 2.48. The second-order valence-electron chi connectivity index (χ2n) is 7.25. The molecule has 0 aliphatic carbocycles. The van der Waals surface area contributed by atoms with E-state index < -0.39 is 12.0 Å². The van der Waals surface area contributed by atoms with Crippen LogP contribution in [-0.2, 0) is 11.2 Å². The zero-order chi connectivity index (χ0) is 18.4. The minimum atomic E-state index is -0.614. The number of carbonyl (C=O) groups is 2. The molecule has 2 aromatic rings. The number of hydrogen-bond acceptors (Lipinski definition) is 3. The number of rotatable bonds is 5. The Kier molecular flexibility index (Phi) is 6.10. The van der Waals surface area contributed by atoms with Gasteiger partial charge in [0.15, 0.2) is 0 Å². The number of aryl methyl sites for hydroxylation is 1. The summed E-state index contributed by atoms with van der Waals surface area (Å²) >= 11 is 0. The number of amides is 2. The van der Waals surface area contributed by atoms with Crippen LogP contribution < -0.4 is 5.32 Å². The monoisotopic (exact) mass is 339 g/mol. The molecule has 2 aromatic carbocycles. The molecule has 0 saturated carbocycles. The Morgan fingerprint density at radius 3 is 2.16 bits per heavy atom. The molecule has 1 unspecified atom stereocenters. The number of hydrogen-bond donors (Lipinski definition) is 2. The normalized spacial score (nSPS) is 12.5. The van der Waals surface area contributed by atoms with Gasteiger partial charge < -0.3 is 5.11 Å². The Hall–Kier alpha value is -2.46. The van der Waals surface area contributed by atoms with Crippen molar-refractivity contribution in [2.45, 2.75) is 39.7 Å². The van der Waals surface area contributed by atoms with Crippen LogP contribution in [0.25, 0.3) is 0 Å². The van der Waals surface area contributed by atoms with Crippen LogP contribution in [0.3, 0.4) is 0 Å². The molecule has 0 heterocycles. The number of nitrogens with one attached hydrogen (secondary N) is 1. The van der Waals surface area contributed by atoms with E-state index in [-0.39, 0.29) is 17.7 Å². The quantitative estimate of drug-likeness (QED) is 0.874. The molecule has 0 aliphatic rings. The van der Waals surface area contributed by atoms with Gasteiger partial charge in [-0.3, -0.25) is 14.9 Å². The van der Waals surface area contributed by atoms with Gasteiger partial charge >= 0.3 is 0 Å². The van der Waals surface area contributed by atoms with E-state index >= 15 is 0 Å². The van der Waals surface area contributed by atoms with Crippen LogP contribution in [0, 0.1) is 5.41 Å². The van der Waals surface area contributed by atoms with Gasteiger partial charge in [-0.2, -0.15) is 0 Å². The molecule has 2 amide bonds. The van der Waals surface area contributed by atoms with Gasteiger partial charge in [0, 0.05) is 12.0 Å². The Labute approximate surface area is 148 Å². The molecule has 0 aromatic heterocycles. The van der Waals surface area contributed by atoms with Gasteiger partial charge in [0.2, 0.25) is 5.91 Å². The average molecular weight is 339 g/mol. The Balaban J connectivity index is 1.91. The molecule has 25 heavy (non-hydrogen) atoms. The maximum Gasteiger partial charge on any atom is 0.257 e. The first kappa shape index (κ1) is 18.9. The first-order valence-corrected chi connectivity index (χ1v) is 8.43. The lowest BCUT2D eigenvalue weighted by molar-refractivity contribution is -0.120. The molecule has 2 N–H and O–H groups in total. The number of benzene rings is 2. The summed E-state index contributed by atoms with van der Waals surface area (Å²) in [5.74, 6) is -0.720. The third-order valence-corrected chi connectivity index (χ3v) is 4.05. The van der Waals surface area contributed by atoms with E-state index in [0.29, 0.717) is 12.0 Å². The molecule has 4 heteroatoms. The van der Waals surface area contributed by atoms with E-state index in [1.807, 2.05) is 51.1 Å². The van der Waals surface area contributed by atoms with E-state index in [1.54, 1.807) is 24.3 Å². The molecular formula is C21H25NO3. The van der Waals surface area contributed by atoms with Gasteiger partial charge in [-0.05, 0) is 35.1 Å². The molecular weight excluding hydrogens is 314 g/mol. The average Bonchev–Trinajstić information content (AvgIpc) is 2.59. The summed E-state index contributed by atoms with van der Waals surface area (Å²) in [5, 5.41) is 12.7. The van der Waals surface area contributed by atoms with Crippen molar-refractivity contribution < 1.29 is 14.7 Å². The van der Waals surface area contributed by atoms with Gasteiger partial charge in [0.1, 0.15) is 0 Å². The van der Waals surface area contributed by atoms with Gasteiger partial charge in [0.05, 0.1) is 6.10 Å². The van der Waals surface area contributed by atoms with Crippen molar-refractivity contribution in [1.29, 1.82) is 0 Å². The van der Waals surface area contributed by atoms with Crippen LogP contribution >= 0.6 is 0 Å². The summed E-state index contributed by atoms with van der Waals surface area (Å²) in [6.45, 7) is 5.84. The van der Waals surface area contributed by atoms with Crippen molar-refractivity contribution in [3.63, 3.8) is 0 Å².